The summed E-state index contributed by atoms with van der Waals surface area (Å²) in [6, 6.07) is 3.24. The zero-order chi connectivity index (χ0) is 11.9. The van der Waals surface area contributed by atoms with Crippen LogP contribution >= 0.6 is 15.9 Å². The Bertz CT molecular complexity index is 429. The number of halogens is 2. The summed E-state index contributed by atoms with van der Waals surface area (Å²) >= 11 is 3.12. The molecule has 1 aliphatic rings. The second-order valence-corrected chi connectivity index (χ2v) is 5.18. The summed E-state index contributed by atoms with van der Waals surface area (Å²) in [6.45, 7) is 1.65. The minimum absolute atomic E-state index is 0.316. The van der Waals surface area contributed by atoms with Gasteiger partial charge in [-0.15, -0.1) is 0 Å². The third-order valence-corrected chi connectivity index (χ3v) is 3.96. The lowest BCUT2D eigenvalue weighted by molar-refractivity contribution is -0.147. The van der Waals surface area contributed by atoms with Crippen molar-refractivity contribution < 1.29 is 14.3 Å². The van der Waals surface area contributed by atoms with Crippen molar-refractivity contribution in [2.24, 2.45) is 0 Å². The Kier molecular flexibility index (Phi) is 2.78. The molecule has 1 aromatic carbocycles. The van der Waals surface area contributed by atoms with Crippen LogP contribution in [-0.2, 0) is 10.2 Å². The highest BCUT2D eigenvalue weighted by atomic mass is 79.9. The van der Waals surface area contributed by atoms with E-state index in [1.165, 1.54) is 0 Å². The molecule has 2 nitrogen and oxygen atoms in total. The molecule has 2 rings (SSSR count). The molecular weight excluding hydrogens is 275 g/mol. The van der Waals surface area contributed by atoms with Crippen LogP contribution in [0.15, 0.2) is 16.6 Å². The van der Waals surface area contributed by atoms with Gasteiger partial charge in [-0.25, -0.2) is 4.39 Å². The summed E-state index contributed by atoms with van der Waals surface area (Å²) in [7, 11) is 0. The van der Waals surface area contributed by atoms with Gasteiger partial charge in [0.25, 0.3) is 0 Å². The number of carbonyl (C=O) groups is 1. The topological polar surface area (TPSA) is 37.3 Å². The SMILES string of the molecule is Cc1cc(C2(C(=O)O)CCC2)cc(Br)c1F. The predicted octanol–water partition coefficient (Wildman–Crippen LogP) is 3.40. The van der Waals surface area contributed by atoms with Crippen LogP contribution in [0.3, 0.4) is 0 Å². The van der Waals surface area contributed by atoms with Crippen LogP contribution < -0.4 is 0 Å². The third-order valence-electron chi connectivity index (χ3n) is 3.38. The van der Waals surface area contributed by atoms with Gasteiger partial charge in [-0.2, -0.15) is 0 Å². The van der Waals surface area contributed by atoms with Crippen molar-refractivity contribution >= 4 is 21.9 Å². The van der Waals surface area contributed by atoms with E-state index in [1.54, 1.807) is 19.1 Å². The Hall–Kier alpha value is -0.900. The number of aryl methyl sites for hydroxylation is 1. The Morgan fingerprint density at radius 2 is 2.12 bits per heavy atom. The number of hydrogen-bond acceptors (Lipinski definition) is 1. The maximum absolute atomic E-state index is 13.4. The van der Waals surface area contributed by atoms with Crippen molar-refractivity contribution in [2.45, 2.75) is 31.6 Å². The summed E-state index contributed by atoms with van der Waals surface area (Å²) in [5, 5.41) is 9.28. The van der Waals surface area contributed by atoms with Crippen molar-refractivity contribution in [3.05, 3.63) is 33.5 Å². The lowest BCUT2D eigenvalue weighted by atomic mass is 9.64. The molecule has 1 aromatic rings. The molecule has 0 amide bonds. The molecule has 1 N–H and O–H groups in total. The smallest absolute Gasteiger partial charge is 0.314 e. The van der Waals surface area contributed by atoms with E-state index in [0.717, 1.165) is 6.42 Å². The molecule has 0 bridgehead atoms. The molecule has 16 heavy (non-hydrogen) atoms. The van der Waals surface area contributed by atoms with Gasteiger partial charge in [0, 0.05) is 0 Å². The minimum atomic E-state index is -0.809. The lowest BCUT2D eigenvalue weighted by Crippen LogP contribution is -2.42. The first-order valence-corrected chi connectivity index (χ1v) is 5.96. The highest BCUT2D eigenvalue weighted by Crippen LogP contribution is 2.45. The monoisotopic (exact) mass is 286 g/mol. The Morgan fingerprint density at radius 3 is 2.50 bits per heavy atom. The van der Waals surface area contributed by atoms with Gasteiger partial charge < -0.3 is 5.11 Å². The normalized spacial score (nSPS) is 17.9. The average molecular weight is 287 g/mol. The fourth-order valence-electron chi connectivity index (χ4n) is 2.16. The molecule has 1 fully saturated rings. The van der Waals surface area contributed by atoms with Gasteiger partial charge in [-0.3, -0.25) is 4.79 Å². The highest BCUT2D eigenvalue weighted by Gasteiger charge is 2.46. The zero-order valence-electron chi connectivity index (χ0n) is 8.89. The van der Waals surface area contributed by atoms with E-state index in [9.17, 15) is 14.3 Å². The second kappa shape index (κ2) is 3.84. The quantitative estimate of drug-likeness (QED) is 0.905. The fourth-order valence-corrected chi connectivity index (χ4v) is 2.72. The van der Waals surface area contributed by atoms with Crippen molar-refractivity contribution in [3.8, 4) is 0 Å². The molecule has 86 valence electrons. The van der Waals surface area contributed by atoms with Crippen LogP contribution in [0.2, 0.25) is 0 Å². The Morgan fingerprint density at radius 1 is 1.50 bits per heavy atom. The van der Waals surface area contributed by atoms with Crippen molar-refractivity contribution in [1.29, 1.82) is 0 Å². The van der Waals surface area contributed by atoms with Gasteiger partial charge in [-0.05, 0) is 52.9 Å². The maximum atomic E-state index is 13.4. The van der Waals surface area contributed by atoms with E-state index < -0.39 is 11.4 Å². The molecule has 0 atom stereocenters. The number of benzene rings is 1. The largest absolute Gasteiger partial charge is 0.481 e. The maximum Gasteiger partial charge on any atom is 0.314 e. The van der Waals surface area contributed by atoms with Crippen LogP contribution in [0, 0.1) is 12.7 Å². The number of aliphatic carboxylic acids is 1. The Balaban J connectivity index is 2.52. The second-order valence-electron chi connectivity index (χ2n) is 4.33. The summed E-state index contributed by atoms with van der Waals surface area (Å²) in [5.41, 5.74) is 0.398. The molecule has 0 aromatic heterocycles. The van der Waals surface area contributed by atoms with Gasteiger partial charge in [0.15, 0.2) is 0 Å². The summed E-state index contributed by atoms with van der Waals surface area (Å²) in [5.74, 6) is -1.12. The predicted molar refractivity (Wildman–Crippen MR) is 62.0 cm³/mol. The van der Waals surface area contributed by atoms with E-state index in [2.05, 4.69) is 15.9 Å². The third kappa shape index (κ3) is 1.56. The van der Waals surface area contributed by atoms with Crippen LogP contribution in [0.25, 0.3) is 0 Å². The fraction of sp³-hybridized carbons (Fsp3) is 0.417. The van der Waals surface area contributed by atoms with E-state index in [4.69, 9.17) is 0 Å². The zero-order valence-corrected chi connectivity index (χ0v) is 10.5. The minimum Gasteiger partial charge on any atom is -0.481 e. The summed E-state index contributed by atoms with van der Waals surface area (Å²) in [4.78, 5) is 11.3. The summed E-state index contributed by atoms with van der Waals surface area (Å²) in [6.07, 6.45) is 2.19. The molecule has 4 heteroatoms. The Labute approximate surface area is 102 Å². The molecule has 0 unspecified atom stereocenters. The number of carboxylic acids is 1. The summed E-state index contributed by atoms with van der Waals surface area (Å²) < 4.78 is 13.8. The molecule has 0 heterocycles. The highest BCUT2D eigenvalue weighted by molar-refractivity contribution is 9.10. The first-order valence-electron chi connectivity index (χ1n) is 5.17. The molecule has 1 aliphatic carbocycles. The average Bonchev–Trinajstić information content (AvgIpc) is 2.11. The van der Waals surface area contributed by atoms with Crippen LogP contribution in [-0.4, -0.2) is 11.1 Å². The van der Waals surface area contributed by atoms with Gasteiger partial charge in [0.1, 0.15) is 5.82 Å². The standard InChI is InChI=1S/C12H12BrFO2/c1-7-5-8(6-9(13)10(7)14)12(11(15)16)3-2-4-12/h5-6H,2-4H2,1H3,(H,15,16). The van der Waals surface area contributed by atoms with Crippen LogP contribution in [0.1, 0.15) is 30.4 Å². The van der Waals surface area contributed by atoms with E-state index in [-0.39, 0.29) is 5.82 Å². The molecular formula is C12H12BrFO2. The number of carboxylic acid groups (broad SMARTS) is 1. The molecule has 0 radical (unpaired) electrons. The van der Waals surface area contributed by atoms with E-state index in [0.29, 0.717) is 28.4 Å². The van der Waals surface area contributed by atoms with Crippen molar-refractivity contribution in [3.63, 3.8) is 0 Å². The molecule has 0 saturated heterocycles. The van der Waals surface area contributed by atoms with Gasteiger partial charge in [0.2, 0.25) is 0 Å². The van der Waals surface area contributed by atoms with Gasteiger partial charge >= 0.3 is 5.97 Å². The molecule has 0 spiro atoms. The lowest BCUT2D eigenvalue weighted by Gasteiger charge is -2.38. The number of hydrogen-bond donors (Lipinski definition) is 1. The molecule has 0 aliphatic heterocycles. The van der Waals surface area contributed by atoms with Crippen LogP contribution in [0.4, 0.5) is 4.39 Å². The van der Waals surface area contributed by atoms with Crippen LogP contribution in [0.5, 0.6) is 0 Å². The van der Waals surface area contributed by atoms with Gasteiger partial charge in [0.05, 0.1) is 9.89 Å². The molecule has 1 saturated carbocycles. The number of rotatable bonds is 2. The van der Waals surface area contributed by atoms with E-state index >= 15 is 0 Å². The van der Waals surface area contributed by atoms with E-state index in [1.807, 2.05) is 0 Å². The first-order chi connectivity index (χ1) is 7.47. The van der Waals surface area contributed by atoms with Gasteiger partial charge in [-0.1, -0.05) is 12.5 Å². The van der Waals surface area contributed by atoms with Crippen molar-refractivity contribution in [2.75, 3.05) is 0 Å². The first kappa shape index (κ1) is 11.6. The van der Waals surface area contributed by atoms with Crippen molar-refractivity contribution in [1.82, 2.24) is 0 Å².